The van der Waals surface area contributed by atoms with E-state index in [9.17, 15) is 0 Å². The lowest BCUT2D eigenvalue weighted by Gasteiger charge is -2.28. The van der Waals surface area contributed by atoms with Crippen LogP contribution in [0.1, 0.15) is 19.3 Å². The molecule has 0 radical (unpaired) electrons. The van der Waals surface area contributed by atoms with Gasteiger partial charge in [-0.05, 0) is 32.2 Å². The number of hydrogen-bond donors (Lipinski definition) is 0. The zero-order valence-corrected chi connectivity index (χ0v) is 10.2. The predicted molar refractivity (Wildman–Crippen MR) is 66.1 cm³/mol. The summed E-state index contributed by atoms with van der Waals surface area (Å²) in [5.74, 6) is 0. The van der Waals surface area contributed by atoms with Gasteiger partial charge in [0.1, 0.15) is 0 Å². The third-order valence-corrected chi connectivity index (χ3v) is 3.34. The van der Waals surface area contributed by atoms with E-state index in [4.69, 9.17) is 9.47 Å². The molecule has 0 atom stereocenters. The van der Waals surface area contributed by atoms with Crippen LogP contribution in [0.3, 0.4) is 0 Å². The third kappa shape index (κ3) is 2.89. The fourth-order valence-corrected chi connectivity index (χ4v) is 2.11. The van der Waals surface area contributed by atoms with E-state index in [0.717, 1.165) is 32.5 Å². The first-order valence-corrected chi connectivity index (χ1v) is 6.10. The second-order valence-corrected chi connectivity index (χ2v) is 4.49. The molecule has 0 aliphatic carbocycles. The Labute approximate surface area is 98.2 Å². The second kappa shape index (κ2) is 5.55. The highest BCUT2D eigenvalue weighted by Gasteiger charge is 2.21. The van der Waals surface area contributed by atoms with Crippen molar-refractivity contribution >= 4 is 6.85 Å². The molecule has 0 aromatic heterocycles. The molecule has 0 N–H and O–H groups in total. The van der Waals surface area contributed by atoms with Crippen LogP contribution >= 0.6 is 0 Å². The molecular weight excluding hydrogens is 201 g/mol. The first-order valence-electron chi connectivity index (χ1n) is 6.10. The van der Waals surface area contributed by atoms with Crippen LogP contribution < -0.4 is 0 Å². The third-order valence-electron chi connectivity index (χ3n) is 3.34. The maximum atomic E-state index is 5.55. The van der Waals surface area contributed by atoms with E-state index in [-0.39, 0.29) is 6.29 Å². The molecule has 4 heteroatoms. The Balaban J connectivity index is 1.80. The normalized spacial score (nSPS) is 22.5. The maximum Gasteiger partial charge on any atom is 0.280 e. The lowest BCUT2D eigenvalue weighted by molar-refractivity contribution is -0.180. The summed E-state index contributed by atoms with van der Waals surface area (Å²) < 4.78 is 11.1. The summed E-state index contributed by atoms with van der Waals surface area (Å²) in [4.78, 5) is 2.23. The summed E-state index contributed by atoms with van der Waals surface area (Å²) in [6, 6.07) is 0. The molecular formula is C12H20BNO2. The molecule has 1 saturated heterocycles. The minimum absolute atomic E-state index is 0.0121. The molecule has 3 nitrogen and oxygen atoms in total. The summed E-state index contributed by atoms with van der Waals surface area (Å²) in [6.07, 6.45) is 9.50. The largest absolute Gasteiger partial charge is 0.420 e. The topological polar surface area (TPSA) is 21.7 Å². The molecule has 2 aliphatic rings. The van der Waals surface area contributed by atoms with Gasteiger partial charge in [-0.3, -0.25) is 0 Å². The summed E-state index contributed by atoms with van der Waals surface area (Å²) in [5, 5.41) is 0. The standard InChI is InChI=1S/C12H20BNO2/c1-13-11(5-3-8-14(13)2)6-7-12-15-9-4-10-16-12/h3,5,8,12H,4,6-7,9-10H2,1-2H3. The first kappa shape index (κ1) is 11.7. The fourth-order valence-electron chi connectivity index (χ4n) is 2.11. The molecule has 0 aromatic rings. The molecule has 0 unspecified atom stereocenters. The van der Waals surface area contributed by atoms with Gasteiger partial charge in [-0.2, -0.15) is 0 Å². The number of ether oxygens (including phenoxy) is 2. The van der Waals surface area contributed by atoms with Crippen LogP contribution in [0.5, 0.6) is 0 Å². The summed E-state index contributed by atoms with van der Waals surface area (Å²) >= 11 is 0. The molecule has 16 heavy (non-hydrogen) atoms. The summed E-state index contributed by atoms with van der Waals surface area (Å²) in [6.45, 7) is 4.42. The van der Waals surface area contributed by atoms with Crippen LogP contribution in [-0.2, 0) is 9.47 Å². The lowest BCUT2D eigenvalue weighted by Crippen LogP contribution is -2.33. The monoisotopic (exact) mass is 221 g/mol. The van der Waals surface area contributed by atoms with Crippen molar-refractivity contribution in [3.05, 3.63) is 23.8 Å². The molecule has 88 valence electrons. The highest BCUT2D eigenvalue weighted by Crippen LogP contribution is 2.19. The minimum Gasteiger partial charge on any atom is -0.420 e. The highest BCUT2D eigenvalue weighted by atomic mass is 16.7. The van der Waals surface area contributed by atoms with Crippen LogP contribution in [0.2, 0.25) is 6.82 Å². The van der Waals surface area contributed by atoms with Crippen molar-refractivity contribution in [3.63, 3.8) is 0 Å². The van der Waals surface area contributed by atoms with Crippen molar-refractivity contribution in [2.45, 2.75) is 32.4 Å². The Morgan fingerprint density at radius 3 is 2.94 bits per heavy atom. The predicted octanol–water partition coefficient (Wildman–Crippen LogP) is 2.08. The van der Waals surface area contributed by atoms with E-state index in [2.05, 4.69) is 37.0 Å². The number of hydrogen-bond acceptors (Lipinski definition) is 3. The van der Waals surface area contributed by atoms with Crippen LogP contribution in [0.15, 0.2) is 23.8 Å². The zero-order valence-electron chi connectivity index (χ0n) is 10.2. The molecule has 1 fully saturated rings. The average Bonchev–Trinajstić information content (AvgIpc) is 2.32. The van der Waals surface area contributed by atoms with Gasteiger partial charge in [-0.15, -0.1) is 0 Å². The molecule has 2 heterocycles. The van der Waals surface area contributed by atoms with Gasteiger partial charge in [0.15, 0.2) is 6.29 Å². The molecule has 0 bridgehead atoms. The summed E-state index contributed by atoms with van der Waals surface area (Å²) in [7, 11) is 2.11. The molecule has 0 aromatic carbocycles. The number of nitrogens with zero attached hydrogens (tertiary/aromatic N) is 1. The molecule has 2 rings (SSSR count). The van der Waals surface area contributed by atoms with E-state index in [1.54, 1.807) is 0 Å². The van der Waals surface area contributed by atoms with E-state index < -0.39 is 0 Å². The number of rotatable bonds is 3. The van der Waals surface area contributed by atoms with E-state index >= 15 is 0 Å². The van der Waals surface area contributed by atoms with Crippen molar-refractivity contribution in [1.29, 1.82) is 0 Å². The van der Waals surface area contributed by atoms with Crippen molar-refractivity contribution in [3.8, 4) is 0 Å². The first-order chi connectivity index (χ1) is 7.77. The SMILES string of the molecule is CB1C(CCC2OCCCO2)=CC=CN1C. The Bertz CT molecular complexity index is 285. The van der Waals surface area contributed by atoms with Crippen LogP contribution in [0.25, 0.3) is 0 Å². The van der Waals surface area contributed by atoms with Gasteiger partial charge in [-0.25, -0.2) is 0 Å². The maximum absolute atomic E-state index is 5.55. The van der Waals surface area contributed by atoms with Gasteiger partial charge in [0, 0.05) is 6.42 Å². The quantitative estimate of drug-likeness (QED) is 0.681. The Morgan fingerprint density at radius 1 is 1.44 bits per heavy atom. The van der Waals surface area contributed by atoms with Gasteiger partial charge >= 0.3 is 0 Å². The number of allylic oxidation sites excluding steroid dienone is 3. The minimum atomic E-state index is 0.0121. The lowest BCUT2D eigenvalue weighted by atomic mass is 9.54. The van der Waals surface area contributed by atoms with Crippen LogP contribution in [0, 0.1) is 0 Å². The molecule has 0 spiro atoms. The van der Waals surface area contributed by atoms with Crippen molar-refractivity contribution < 1.29 is 9.47 Å². The van der Waals surface area contributed by atoms with Crippen molar-refractivity contribution in [2.75, 3.05) is 20.3 Å². The molecule has 0 amide bonds. The van der Waals surface area contributed by atoms with Gasteiger partial charge in [0.2, 0.25) is 0 Å². The highest BCUT2D eigenvalue weighted by molar-refractivity contribution is 6.63. The van der Waals surface area contributed by atoms with Crippen LogP contribution in [-0.4, -0.2) is 38.2 Å². The van der Waals surface area contributed by atoms with E-state index in [1.807, 2.05) is 0 Å². The van der Waals surface area contributed by atoms with Crippen molar-refractivity contribution in [1.82, 2.24) is 4.81 Å². The molecule has 2 aliphatic heterocycles. The fraction of sp³-hybridized carbons (Fsp3) is 0.667. The van der Waals surface area contributed by atoms with Gasteiger partial charge in [0.25, 0.3) is 6.85 Å². The zero-order chi connectivity index (χ0) is 11.4. The van der Waals surface area contributed by atoms with Gasteiger partial charge < -0.3 is 14.3 Å². The molecule has 0 saturated carbocycles. The van der Waals surface area contributed by atoms with E-state index in [0.29, 0.717) is 6.85 Å². The van der Waals surface area contributed by atoms with E-state index in [1.165, 1.54) is 5.47 Å². The summed E-state index contributed by atoms with van der Waals surface area (Å²) in [5.41, 5.74) is 1.46. The Hall–Kier alpha value is -0.735. The Morgan fingerprint density at radius 2 is 2.19 bits per heavy atom. The van der Waals surface area contributed by atoms with Crippen LogP contribution in [0.4, 0.5) is 0 Å². The smallest absolute Gasteiger partial charge is 0.280 e. The Kier molecular flexibility index (Phi) is 4.07. The second-order valence-electron chi connectivity index (χ2n) is 4.49. The van der Waals surface area contributed by atoms with Crippen molar-refractivity contribution in [2.24, 2.45) is 0 Å². The van der Waals surface area contributed by atoms with Gasteiger partial charge in [-0.1, -0.05) is 18.4 Å². The van der Waals surface area contributed by atoms with Gasteiger partial charge in [0.05, 0.1) is 13.2 Å². The average molecular weight is 221 g/mol.